The highest BCUT2D eigenvalue weighted by atomic mass is 33.1. The van der Waals surface area contributed by atoms with Gasteiger partial charge in [-0.1, -0.05) is 167 Å². The summed E-state index contributed by atoms with van der Waals surface area (Å²) in [5.41, 5.74) is 12.9. The molecule has 0 unspecified atom stereocenters. The summed E-state index contributed by atoms with van der Waals surface area (Å²) in [6.45, 7) is 4.68. The van der Waals surface area contributed by atoms with E-state index in [2.05, 4.69) is 172 Å². The molecule has 0 bridgehead atoms. The molecule has 0 nitrogen and oxygen atoms in total. The molecule has 0 aliphatic carbocycles. The summed E-state index contributed by atoms with van der Waals surface area (Å²) in [7, 11) is 3.93. The number of hydrogen-bond acceptors (Lipinski definition) is 2. The molecule has 0 saturated heterocycles. The third-order valence-electron chi connectivity index (χ3n) is 7.71. The first kappa shape index (κ1) is 28.2. The monoisotopic (exact) mass is 578 g/mol. The molecule has 0 amide bonds. The molecule has 6 aromatic rings. The number of rotatable bonds is 9. The Balaban J connectivity index is 1.28. The molecule has 0 spiro atoms. The van der Waals surface area contributed by atoms with Gasteiger partial charge in [0.1, 0.15) is 0 Å². The minimum Gasteiger partial charge on any atom is -0.0856 e. The van der Waals surface area contributed by atoms with E-state index in [1.807, 2.05) is 21.6 Å². The van der Waals surface area contributed by atoms with E-state index in [9.17, 15) is 0 Å². The Morgan fingerprint density at radius 3 is 0.976 bits per heavy atom. The van der Waals surface area contributed by atoms with E-state index in [0.29, 0.717) is 10.5 Å². The Bertz CT molecular complexity index is 1600. The molecule has 6 rings (SSSR count). The highest BCUT2D eigenvalue weighted by molar-refractivity contribution is 8.76. The van der Waals surface area contributed by atoms with Crippen LogP contribution in [0.5, 0.6) is 0 Å². The van der Waals surface area contributed by atoms with Crippen LogP contribution in [0.3, 0.4) is 0 Å². The van der Waals surface area contributed by atoms with Gasteiger partial charge in [-0.15, -0.1) is 0 Å². The Morgan fingerprint density at radius 1 is 0.333 bits per heavy atom. The van der Waals surface area contributed by atoms with E-state index in [-0.39, 0.29) is 0 Å². The zero-order valence-electron chi connectivity index (χ0n) is 24.0. The van der Waals surface area contributed by atoms with Crippen LogP contribution in [0.25, 0.3) is 44.5 Å². The predicted octanol–water partition coefficient (Wildman–Crippen LogP) is 12.6. The van der Waals surface area contributed by atoms with Gasteiger partial charge in [-0.05, 0) is 81.6 Å². The van der Waals surface area contributed by atoms with Crippen LogP contribution in [0, 0.1) is 0 Å². The lowest BCUT2D eigenvalue weighted by Gasteiger charge is -2.21. The summed E-state index contributed by atoms with van der Waals surface area (Å²) >= 11 is 0. The van der Waals surface area contributed by atoms with E-state index in [0.717, 1.165) is 0 Å². The number of benzene rings is 6. The van der Waals surface area contributed by atoms with Gasteiger partial charge >= 0.3 is 0 Å². The molecule has 42 heavy (non-hydrogen) atoms. The first-order chi connectivity index (χ1) is 20.7. The zero-order valence-corrected chi connectivity index (χ0v) is 25.6. The van der Waals surface area contributed by atoms with Gasteiger partial charge in [0.15, 0.2) is 0 Å². The van der Waals surface area contributed by atoms with Crippen molar-refractivity contribution in [2.24, 2.45) is 0 Å². The van der Waals surface area contributed by atoms with Gasteiger partial charge in [0.05, 0.1) is 0 Å². The SMILES string of the molecule is C[C@@H](SS[C@H](C)c1ccc(-c2ccccc2)cc1-c1ccccc1)c1ccc(-c2ccccc2)cc1-c1ccccc1. The Morgan fingerprint density at radius 2 is 0.643 bits per heavy atom. The van der Waals surface area contributed by atoms with Crippen molar-refractivity contribution in [3.8, 4) is 44.5 Å². The van der Waals surface area contributed by atoms with Crippen molar-refractivity contribution in [3.05, 3.63) is 169 Å². The lowest BCUT2D eigenvalue weighted by Crippen LogP contribution is -1.96. The Hall–Kier alpha value is -3.98. The summed E-state index contributed by atoms with van der Waals surface area (Å²) < 4.78 is 0. The molecule has 0 saturated carbocycles. The molecule has 2 heteroatoms. The second kappa shape index (κ2) is 13.3. The minimum absolute atomic E-state index is 0.321. The van der Waals surface area contributed by atoms with Crippen molar-refractivity contribution in [1.29, 1.82) is 0 Å². The van der Waals surface area contributed by atoms with Crippen molar-refractivity contribution in [3.63, 3.8) is 0 Å². The van der Waals surface area contributed by atoms with Gasteiger partial charge in [-0.3, -0.25) is 0 Å². The lowest BCUT2D eigenvalue weighted by molar-refractivity contribution is 1.10. The molecule has 0 N–H and O–H groups in total. The van der Waals surface area contributed by atoms with Gasteiger partial charge in [0, 0.05) is 10.5 Å². The fourth-order valence-corrected chi connectivity index (χ4v) is 8.02. The fraction of sp³-hybridized carbons (Fsp3) is 0.100. The summed E-state index contributed by atoms with van der Waals surface area (Å²) in [5.74, 6) is 0. The van der Waals surface area contributed by atoms with Crippen LogP contribution in [-0.4, -0.2) is 0 Å². The maximum Gasteiger partial charge on any atom is 0.0379 e. The average molecular weight is 579 g/mol. The largest absolute Gasteiger partial charge is 0.0856 e. The predicted molar refractivity (Wildman–Crippen MR) is 187 cm³/mol. The average Bonchev–Trinajstić information content (AvgIpc) is 3.08. The highest BCUT2D eigenvalue weighted by Gasteiger charge is 2.19. The molecular formula is C40H34S2. The van der Waals surface area contributed by atoms with Gasteiger partial charge in [-0.2, -0.15) is 0 Å². The smallest absolute Gasteiger partial charge is 0.0379 e. The van der Waals surface area contributed by atoms with E-state index in [1.54, 1.807) is 0 Å². The van der Waals surface area contributed by atoms with Crippen LogP contribution in [-0.2, 0) is 0 Å². The molecular weight excluding hydrogens is 545 g/mol. The van der Waals surface area contributed by atoms with E-state index in [4.69, 9.17) is 0 Å². The Kier molecular flexibility index (Phi) is 8.94. The normalized spacial score (nSPS) is 12.5. The molecule has 0 aromatic heterocycles. The maximum absolute atomic E-state index is 2.36. The summed E-state index contributed by atoms with van der Waals surface area (Å²) in [4.78, 5) is 0. The molecule has 0 radical (unpaired) electrons. The van der Waals surface area contributed by atoms with Crippen LogP contribution < -0.4 is 0 Å². The molecule has 0 fully saturated rings. The molecule has 6 aromatic carbocycles. The summed E-state index contributed by atoms with van der Waals surface area (Å²) in [5, 5.41) is 0.641. The molecule has 206 valence electrons. The van der Waals surface area contributed by atoms with Crippen molar-refractivity contribution in [1.82, 2.24) is 0 Å². The quantitative estimate of drug-likeness (QED) is 0.157. The molecule has 2 atom stereocenters. The third-order valence-corrected chi connectivity index (χ3v) is 11.0. The minimum atomic E-state index is 0.321. The van der Waals surface area contributed by atoms with Crippen LogP contribution in [0.4, 0.5) is 0 Å². The molecule has 0 aliphatic heterocycles. The molecule has 0 aliphatic rings. The fourth-order valence-electron chi connectivity index (χ4n) is 5.45. The first-order valence-electron chi connectivity index (χ1n) is 14.5. The third kappa shape index (κ3) is 6.41. The van der Waals surface area contributed by atoms with E-state index >= 15 is 0 Å². The van der Waals surface area contributed by atoms with Gasteiger partial charge in [-0.25, -0.2) is 0 Å². The highest BCUT2D eigenvalue weighted by Crippen LogP contribution is 2.49. The van der Waals surface area contributed by atoms with E-state index in [1.165, 1.54) is 55.6 Å². The van der Waals surface area contributed by atoms with Crippen LogP contribution >= 0.6 is 21.6 Å². The van der Waals surface area contributed by atoms with Crippen molar-refractivity contribution < 1.29 is 0 Å². The summed E-state index contributed by atoms with van der Waals surface area (Å²) in [6, 6.07) is 56.9. The topological polar surface area (TPSA) is 0 Å². The molecule has 0 heterocycles. The van der Waals surface area contributed by atoms with Crippen molar-refractivity contribution >= 4 is 21.6 Å². The first-order valence-corrected chi connectivity index (χ1v) is 16.8. The second-order valence-corrected chi connectivity index (χ2v) is 13.5. The zero-order chi connectivity index (χ0) is 28.7. The standard InChI is InChI=1S/C40H34S2/c1-29(37-25-23-35(31-15-7-3-8-16-31)27-39(37)33-19-11-5-12-20-33)41-42-30(2)38-26-24-36(32-17-9-4-10-18-32)28-40(38)34-21-13-6-14-22-34/h3-30H,1-2H3/t29-,30-/m1/s1. The lowest BCUT2D eigenvalue weighted by atomic mass is 9.93. The number of hydrogen-bond donors (Lipinski definition) is 0. The summed E-state index contributed by atoms with van der Waals surface area (Å²) in [6.07, 6.45) is 0. The maximum atomic E-state index is 2.36. The van der Waals surface area contributed by atoms with Gasteiger partial charge in [0.2, 0.25) is 0 Å². The van der Waals surface area contributed by atoms with Crippen molar-refractivity contribution in [2.75, 3.05) is 0 Å². The Labute approximate surface area is 258 Å². The van der Waals surface area contributed by atoms with E-state index < -0.39 is 0 Å². The van der Waals surface area contributed by atoms with Gasteiger partial charge < -0.3 is 0 Å². The van der Waals surface area contributed by atoms with Crippen molar-refractivity contribution in [2.45, 2.75) is 24.3 Å². The van der Waals surface area contributed by atoms with Crippen LogP contribution in [0.1, 0.15) is 35.5 Å². The van der Waals surface area contributed by atoms with Crippen LogP contribution in [0.15, 0.2) is 158 Å². The van der Waals surface area contributed by atoms with Gasteiger partial charge in [0.25, 0.3) is 0 Å². The second-order valence-electron chi connectivity index (χ2n) is 10.5. The van der Waals surface area contributed by atoms with Crippen LogP contribution in [0.2, 0.25) is 0 Å².